The number of rotatable bonds is 4. The van der Waals surface area contributed by atoms with Crippen molar-refractivity contribution < 1.29 is 4.79 Å². The Hall–Kier alpha value is -2.43. The second-order valence-electron chi connectivity index (χ2n) is 6.12. The molecule has 1 amide bonds. The van der Waals surface area contributed by atoms with Gasteiger partial charge in [0.05, 0.1) is 11.9 Å². The quantitative estimate of drug-likeness (QED) is 0.943. The Balaban J connectivity index is 1.57. The Morgan fingerprint density at radius 3 is 2.74 bits per heavy atom. The lowest BCUT2D eigenvalue weighted by atomic mass is 9.99. The number of carbonyl (C=O) groups is 1. The van der Waals surface area contributed by atoms with Gasteiger partial charge in [0.25, 0.3) is 5.91 Å². The SMILES string of the molecule is CC1CCN(C(=O)c2ccc(NCc3cccnc3)cn2)CC1. The molecule has 2 aromatic rings. The number of anilines is 1. The van der Waals surface area contributed by atoms with Crippen LogP contribution in [0.3, 0.4) is 0 Å². The Morgan fingerprint density at radius 2 is 2.09 bits per heavy atom. The molecule has 0 saturated carbocycles. The van der Waals surface area contributed by atoms with Gasteiger partial charge in [0.1, 0.15) is 5.69 Å². The van der Waals surface area contributed by atoms with E-state index in [-0.39, 0.29) is 5.91 Å². The van der Waals surface area contributed by atoms with Gasteiger partial charge in [0, 0.05) is 32.0 Å². The molecule has 5 nitrogen and oxygen atoms in total. The number of pyridine rings is 2. The fraction of sp³-hybridized carbons (Fsp3) is 0.389. The molecule has 120 valence electrons. The molecule has 2 aromatic heterocycles. The molecule has 23 heavy (non-hydrogen) atoms. The van der Waals surface area contributed by atoms with Crippen molar-refractivity contribution in [3.8, 4) is 0 Å². The summed E-state index contributed by atoms with van der Waals surface area (Å²) in [6.07, 6.45) is 7.46. The molecule has 0 aliphatic carbocycles. The van der Waals surface area contributed by atoms with E-state index < -0.39 is 0 Å². The highest BCUT2D eigenvalue weighted by Gasteiger charge is 2.22. The predicted molar refractivity (Wildman–Crippen MR) is 90.1 cm³/mol. The zero-order chi connectivity index (χ0) is 16.1. The van der Waals surface area contributed by atoms with Crippen LogP contribution in [0.4, 0.5) is 5.69 Å². The van der Waals surface area contributed by atoms with Gasteiger partial charge in [0.15, 0.2) is 0 Å². The molecule has 0 radical (unpaired) electrons. The van der Waals surface area contributed by atoms with Crippen LogP contribution in [-0.4, -0.2) is 33.9 Å². The highest BCUT2D eigenvalue weighted by molar-refractivity contribution is 5.92. The van der Waals surface area contributed by atoms with Crippen molar-refractivity contribution in [2.24, 2.45) is 5.92 Å². The number of nitrogens with one attached hydrogen (secondary N) is 1. The summed E-state index contributed by atoms with van der Waals surface area (Å²) in [7, 11) is 0. The van der Waals surface area contributed by atoms with Crippen LogP contribution in [-0.2, 0) is 6.54 Å². The molecule has 0 unspecified atom stereocenters. The first-order valence-corrected chi connectivity index (χ1v) is 8.10. The van der Waals surface area contributed by atoms with Crippen molar-refractivity contribution in [2.45, 2.75) is 26.3 Å². The fourth-order valence-corrected chi connectivity index (χ4v) is 2.71. The largest absolute Gasteiger partial charge is 0.380 e. The van der Waals surface area contributed by atoms with E-state index in [0.29, 0.717) is 18.2 Å². The number of aromatic nitrogens is 2. The third-order valence-electron chi connectivity index (χ3n) is 4.27. The molecular formula is C18H22N4O. The first-order chi connectivity index (χ1) is 11.2. The number of nitrogens with zero attached hydrogens (tertiary/aromatic N) is 3. The number of piperidine rings is 1. The molecule has 5 heteroatoms. The van der Waals surface area contributed by atoms with Crippen LogP contribution in [0.1, 0.15) is 35.8 Å². The lowest BCUT2D eigenvalue weighted by molar-refractivity contribution is 0.0691. The summed E-state index contributed by atoms with van der Waals surface area (Å²) in [6.45, 7) is 4.60. The Kier molecular flexibility index (Phi) is 4.86. The Labute approximate surface area is 136 Å². The van der Waals surface area contributed by atoms with Crippen molar-refractivity contribution in [1.82, 2.24) is 14.9 Å². The summed E-state index contributed by atoms with van der Waals surface area (Å²) in [6, 6.07) is 7.63. The van der Waals surface area contributed by atoms with Crippen LogP contribution in [0.25, 0.3) is 0 Å². The first kappa shape index (κ1) is 15.5. The molecule has 1 aliphatic heterocycles. The summed E-state index contributed by atoms with van der Waals surface area (Å²) in [5.74, 6) is 0.752. The van der Waals surface area contributed by atoms with Gasteiger partial charge in [-0.25, -0.2) is 4.98 Å². The highest BCUT2D eigenvalue weighted by atomic mass is 16.2. The molecule has 1 saturated heterocycles. The highest BCUT2D eigenvalue weighted by Crippen LogP contribution is 2.18. The normalized spacial score (nSPS) is 15.4. The maximum atomic E-state index is 12.4. The Morgan fingerprint density at radius 1 is 1.26 bits per heavy atom. The molecule has 1 aliphatic rings. The van der Waals surface area contributed by atoms with E-state index in [1.165, 1.54) is 0 Å². The van der Waals surface area contributed by atoms with Gasteiger partial charge >= 0.3 is 0 Å². The molecule has 0 spiro atoms. The maximum absolute atomic E-state index is 12.4. The van der Waals surface area contributed by atoms with Crippen LogP contribution < -0.4 is 5.32 Å². The van der Waals surface area contributed by atoms with Crippen molar-refractivity contribution in [2.75, 3.05) is 18.4 Å². The van der Waals surface area contributed by atoms with E-state index in [9.17, 15) is 4.79 Å². The smallest absolute Gasteiger partial charge is 0.272 e. The first-order valence-electron chi connectivity index (χ1n) is 8.10. The average Bonchev–Trinajstić information content (AvgIpc) is 2.61. The average molecular weight is 310 g/mol. The van der Waals surface area contributed by atoms with Gasteiger partial charge in [-0.2, -0.15) is 0 Å². The van der Waals surface area contributed by atoms with Gasteiger partial charge in [-0.3, -0.25) is 9.78 Å². The van der Waals surface area contributed by atoms with Crippen LogP contribution in [0.15, 0.2) is 42.9 Å². The monoisotopic (exact) mass is 310 g/mol. The number of carbonyl (C=O) groups excluding carboxylic acids is 1. The van der Waals surface area contributed by atoms with E-state index in [1.807, 2.05) is 29.3 Å². The third-order valence-corrected chi connectivity index (χ3v) is 4.27. The van der Waals surface area contributed by atoms with Gasteiger partial charge in [-0.15, -0.1) is 0 Å². The fourth-order valence-electron chi connectivity index (χ4n) is 2.71. The van der Waals surface area contributed by atoms with E-state index >= 15 is 0 Å². The van der Waals surface area contributed by atoms with Crippen LogP contribution in [0, 0.1) is 5.92 Å². The van der Waals surface area contributed by atoms with E-state index in [1.54, 1.807) is 18.5 Å². The number of amides is 1. The lowest BCUT2D eigenvalue weighted by Crippen LogP contribution is -2.38. The second kappa shape index (κ2) is 7.22. The van der Waals surface area contributed by atoms with Crippen molar-refractivity contribution in [3.63, 3.8) is 0 Å². The zero-order valence-electron chi connectivity index (χ0n) is 13.4. The summed E-state index contributed by atoms with van der Waals surface area (Å²) < 4.78 is 0. The van der Waals surface area contributed by atoms with Crippen molar-refractivity contribution in [1.29, 1.82) is 0 Å². The molecule has 0 atom stereocenters. The Bertz CT molecular complexity index is 634. The minimum atomic E-state index is 0.0377. The van der Waals surface area contributed by atoms with Crippen LogP contribution in [0.5, 0.6) is 0 Å². The van der Waals surface area contributed by atoms with Gasteiger partial charge in [-0.05, 0) is 42.5 Å². The van der Waals surface area contributed by atoms with Gasteiger partial charge < -0.3 is 10.2 Å². The zero-order valence-corrected chi connectivity index (χ0v) is 13.4. The number of hydrogen-bond donors (Lipinski definition) is 1. The van der Waals surface area contributed by atoms with Gasteiger partial charge in [0.2, 0.25) is 0 Å². The minimum Gasteiger partial charge on any atom is -0.380 e. The minimum absolute atomic E-state index is 0.0377. The molecule has 0 bridgehead atoms. The summed E-state index contributed by atoms with van der Waals surface area (Å²) >= 11 is 0. The summed E-state index contributed by atoms with van der Waals surface area (Å²) in [5.41, 5.74) is 2.53. The maximum Gasteiger partial charge on any atom is 0.272 e. The van der Waals surface area contributed by atoms with Crippen LogP contribution >= 0.6 is 0 Å². The van der Waals surface area contributed by atoms with Crippen molar-refractivity contribution >= 4 is 11.6 Å². The summed E-state index contributed by atoms with van der Waals surface area (Å²) in [4.78, 5) is 22.7. The van der Waals surface area contributed by atoms with E-state index in [4.69, 9.17) is 0 Å². The number of hydrogen-bond acceptors (Lipinski definition) is 4. The topological polar surface area (TPSA) is 58.1 Å². The van der Waals surface area contributed by atoms with Crippen LogP contribution in [0.2, 0.25) is 0 Å². The molecule has 1 fully saturated rings. The summed E-state index contributed by atoms with van der Waals surface area (Å²) in [5, 5.41) is 3.29. The standard InChI is InChI=1S/C18H22N4O/c1-14-6-9-22(10-7-14)18(23)17-5-4-16(13-21-17)20-12-15-3-2-8-19-11-15/h2-5,8,11,13-14,20H,6-7,9-10,12H2,1H3. The second-order valence-corrected chi connectivity index (χ2v) is 6.12. The van der Waals surface area contributed by atoms with E-state index in [2.05, 4.69) is 22.2 Å². The van der Waals surface area contributed by atoms with Crippen molar-refractivity contribution in [3.05, 3.63) is 54.1 Å². The van der Waals surface area contributed by atoms with Gasteiger partial charge in [-0.1, -0.05) is 13.0 Å². The molecule has 3 heterocycles. The third kappa shape index (κ3) is 4.06. The molecular weight excluding hydrogens is 288 g/mol. The number of likely N-dealkylation sites (tertiary alicyclic amines) is 1. The molecule has 3 rings (SSSR count). The lowest BCUT2D eigenvalue weighted by Gasteiger charge is -2.30. The van der Waals surface area contributed by atoms with E-state index in [0.717, 1.165) is 37.2 Å². The molecule has 1 N–H and O–H groups in total. The predicted octanol–water partition coefficient (Wildman–Crippen LogP) is 2.96. The molecule has 0 aromatic carbocycles.